The molecular weight excluding hydrogens is 228 g/mol. The summed E-state index contributed by atoms with van der Waals surface area (Å²) in [7, 11) is 0. The number of nitrogens with one attached hydrogen (secondary N) is 2. The van der Waals surface area contributed by atoms with E-state index in [1.54, 1.807) is 0 Å². The number of amides is 1. The Labute approximate surface area is 110 Å². The molecule has 1 amide bonds. The highest BCUT2D eigenvalue weighted by atomic mass is 16.5. The maximum absolute atomic E-state index is 11.4. The predicted molar refractivity (Wildman–Crippen MR) is 71.5 cm³/mol. The first-order valence-electron chi connectivity index (χ1n) is 7.46. The summed E-state index contributed by atoms with van der Waals surface area (Å²) < 4.78 is 5.81. The normalized spacial score (nSPS) is 20.9. The van der Waals surface area contributed by atoms with Gasteiger partial charge in [0.25, 0.3) is 0 Å². The van der Waals surface area contributed by atoms with E-state index in [9.17, 15) is 4.79 Å². The molecule has 104 valence electrons. The van der Waals surface area contributed by atoms with Gasteiger partial charge in [-0.25, -0.2) is 0 Å². The first-order valence-corrected chi connectivity index (χ1v) is 7.46. The molecule has 2 fully saturated rings. The van der Waals surface area contributed by atoms with Crippen LogP contribution in [0.25, 0.3) is 0 Å². The SMILES string of the molecule is O=C(CNC1CC1)NCCCOC1CCCCC1. The van der Waals surface area contributed by atoms with E-state index in [1.807, 2.05) is 0 Å². The van der Waals surface area contributed by atoms with Crippen molar-refractivity contribution >= 4 is 5.91 Å². The number of carbonyl (C=O) groups is 1. The Morgan fingerprint density at radius 2 is 1.89 bits per heavy atom. The highest BCUT2D eigenvalue weighted by molar-refractivity contribution is 5.78. The zero-order valence-electron chi connectivity index (χ0n) is 11.2. The molecule has 0 aliphatic heterocycles. The number of hydrogen-bond acceptors (Lipinski definition) is 3. The van der Waals surface area contributed by atoms with Gasteiger partial charge < -0.3 is 15.4 Å². The fourth-order valence-electron chi connectivity index (χ4n) is 2.37. The number of ether oxygens (including phenoxy) is 1. The van der Waals surface area contributed by atoms with E-state index >= 15 is 0 Å². The second kappa shape index (κ2) is 7.74. The second-order valence-corrected chi connectivity index (χ2v) is 5.49. The van der Waals surface area contributed by atoms with Gasteiger partial charge in [0.05, 0.1) is 12.6 Å². The van der Waals surface area contributed by atoms with Gasteiger partial charge in [-0.05, 0) is 32.1 Å². The molecule has 0 aromatic carbocycles. The van der Waals surface area contributed by atoms with Crippen molar-refractivity contribution in [3.05, 3.63) is 0 Å². The van der Waals surface area contributed by atoms with Gasteiger partial charge in [-0.3, -0.25) is 4.79 Å². The van der Waals surface area contributed by atoms with Crippen LogP contribution in [0.15, 0.2) is 0 Å². The fourth-order valence-corrected chi connectivity index (χ4v) is 2.37. The predicted octanol–water partition coefficient (Wildman–Crippen LogP) is 1.59. The van der Waals surface area contributed by atoms with Gasteiger partial charge in [0.15, 0.2) is 0 Å². The maximum Gasteiger partial charge on any atom is 0.233 e. The van der Waals surface area contributed by atoms with Crippen molar-refractivity contribution in [2.75, 3.05) is 19.7 Å². The second-order valence-electron chi connectivity index (χ2n) is 5.49. The molecular formula is C14H26N2O2. The summed E-state index contributed by atoms with van der Waals surface area (Å²) in [6, 6.07) is 0.602. The van der Waals surface area contributed by atoms with Gasteiger partial charge in [0, 0.05) is 19.2 Å². The molecule has 2 aliphatic rings. The van der Waals surface area contributed by atoms with Crippen LogP contribution in [0.2, 0.25) is 0 Å². The number of hydrogen-bond donors (Lipinski definition) is 2. The molecule has 0 atom stereocenters. The molecule has 4 nitrogen and oxygen atoms in total. The third kappa shape index (κ3) is 5.83. The van der Waals surface area contributed by atoms with E-state index in [0.29, 0.717) is 18.7 Å². The Morgan fingerprint density at radius 1 is 1.11 bits per heavy atom. The first kappa shape index (κ1) is 13.8. The van der Waals surface area contributed by atoms with Gasteiger partial charge in [-0.1, -0.05) is 19.3 Å². The van der Waals surface area contributed by atoms with Crippen molar-refractivity contribution in [2.24, 2.45) is 0 Å². The molecule has 0 aromatic rings. The lowest BCUT2D eigenvalue weighted by Gasteiger charge is -2.21. The maximum atomic E-state index is 11.4. The molecule has 0 heterocycles. The highest BCUT2D eigenvalue weighted by Crippen LogP contribution is 2.20. The standard InChI is InChI=1S/C14H26N2O2/c17-14(11-16-12-7-8-12)15-9-4-10-18-13-5-2-1-3-6-13/h12-13,16H,1-11H2,(H,15,17). The Kier molecular flexibility index (Phi) is 5.94. The lowest BCUT2D eigenvalue weighted by Crippen LogP contribution is -2.35. The molecule has 0 spiro atoms. The Balaban J connectivity index is 1.39. The van der Waals surface area contributed by atoms with Crippen LogP contribution < -0.4 is 10.6 Å². The fraction of sp³-hybridized carbons (Fsp3) is 0.929. The van der Waals surface area contributed by atoms with Gasteiger partial charge in [0.1, 0.15) is 0 Å². The monoisotopic (exact) mass is 254 g/mol. The van der Waals surface area contributed by atoms with Crippen LogP contribution in [-0.4, -0.2) is 37.7 Å². The van der Waals surface area contributed by atoms with E-state index in [4.69, 9.17) is 4.74 Å². The third-order valence-corrected chi connectivity index (χ3v) is 3.68. The summed E-state index contributed by atoms with van der Waals surface area (Å²) in [5, 5.41) is 6.13. The topological polar surface area (TPSA) is 50.4 Å². The van der Waals surface area contributed by atoms with Crippen LogP contribution in [0.3, 0.4) is 0 Å². The van der Waals surface area contributed by atoms with Crippen molar-refractivity contribution in [1.82, 2.24) is 10.6 Å². The smallest absolute Gasteiger partial charge is 0.233 e. The number of carbonyl (C=O) groups excluding carboxylic acids is 1. The minimum Gasteiger partial charge on any atom is -0.378 e. The average Bonchev–Trinajstić information content (AvgIpc) is 3.21. The van der Waals surface area contributed by atoms with Crippen molar-refractivity contribution in [3.63, 3.8) is 0 Å². The molecule has 18 heavy (non-hydrogen) atoms. The Morgan fingerprint density at radius 3 is 2.61 bits per heavy atom. The average molecular weight is 254 g/mol. The third-order valence-electron chi connectivity index (χ3n) is 3.68. The van der Waals surface area contributed by atoms with E-state index < -0.39 is 0 Å². The summed E-state index contributed by atoms with van der Waals surface area (Å²) >= 11 is 0. The molecule has 2 saturated carbocycles. The highest BCUT2D eigenvalue weighted by Gasteiger charge is 2.20. The van der Waals surface area contributed by atoms with E-state index in [-0.39, 0.29) is 5.91 Å². The summed E-state index contributed by atoms with van der Waals surface area (Å²) in [6.07, 6.45) is 10.3. The Hall–Kier alpha value is -0.610. The van der Waals surface area contributed by atoms with E-state index in [2.05, 4.69) is 10.6 Å². The van der Waals surface area contributed by atoms with E-state index in [0.717, 1.165) is 19.6 Å². The number of rotatable bonds is 8. The summed E-state index contributed by atoms with van der Waals surface area (Å²) in [6.45, 7) is 1.98. The Bertz CT molecular complexity index is 248. The van der Waals surface area contributed by atoms with Crippen LogP contribution in [0.1, 0.15) is 51.4 Å². The van der Waals surface area contributed by atoms with E-state index in [1.165, 1.54) is 44.9 Å². The molecule has 4 heteroatoms. The minimum absolute atomic E-state index is 0.111. The van der Waals surface area contributed by atoms with Gasteiger partial charge in [0.2, 0.25) is 5.91 Å². The van der Waals surface area contributed by atoms with Gasteiger partial charge >= 0.3 is 0 Å². The van der Waals surface area contributed by atoms with Crippen molar-refractivity contribution in [2.45, 2.75) is 63.5 Å². The van der Waals surface area contributed by atoms with Gasteiger partial charge in [-0.15, -0.1) is 0 Å². The molecule has 0 unspecified atom stereocenters. The molecule has 0 aromatic heterocycles. The molecule has 2 rings (SSSR count). The zero-order valence-corrected chi connectivity index (χ0v) is 11.2. The van der Waals surface area contributed by atoms with Crippen molar-refractivity contribution in [3.8, 4) is 0 Å². The van der Waals surface area contributed by atoms with Crippen LogP contribution in [0.5, 0.6) is 0 Å². The molecule has 2 aliphatic carbocycles. The first-order chi connectivity index (χ1) is 8.84. The van der Waals surface area contributed by atoms with Crippen LogP contribution in [0.4, 0.5) is 0 Å². The lowest BCUT2D eigenvalue weighted by atomic mass is 9.98. The van der Waals surface area contributed by atoms with Crippen molar-refractivity contribution in [1.29, 1.82) is 0 Å². The van der Waals surface area contributed by atoms with Gasteiger partial charge in [-0.2, -0.15) is 0 Å². The van der Waals surface area contributed by atoms with Crippen LogP contribution >= 0.6 is 0 Å². The van der Waals surface area contributed by atoms with Crippen molar-refractivity contribution < 1.29 is 9.53 Å². The molecule has 0 saturated heterocycles. The van der Waals surface area contributed by atoms with Crippen LogP contribution in [-0.2, 0) is 9.53 Å². The molecule has 2 N–H and O–H groups in total. The zero-order chi connectivity index (χ0) is 12.6. The largest absolute Gasteiger partial charge is 0.378 e. The minimum atomic E-state index is 0.111. The summed E-state index contributed by atoms with van der Waals surface area (Å²) in [5.74, 6) is 0.111. The lowest BCUT2D eigenvalue weighted by molar-refractivity contribution is -0.120. The molecule has 0 bridgehead atoms. The summed E-state index contributed by atoms with van der Waals surface area (Å²) in [5.41, 5.74) is 0. The van der Waals surface area contributed by atoms with Crippen LogP contribution in [0, 0.1) is 0 Å². The summed E-state index contributed by atoms with van der Waals surface area (Å²) in [4.78, 5) is 11.4. The quantitative estimate of drug-likeness (QED) is 0.647. The molecule has 0 radical (unpaired) electrons.